The Bertz CT molecular complexity index is 1140. The number of benzene rings is 3. The molecule has 0 heterocycles. The van der Waals surface area contributed by atoms with Crippen LogP contribution in [0, 0.1) is 11.8 Å². The zero-order valence-electron chi connectivity index (χ0n) is 17.1. The number of carbonyl (C=O) groups is 2. The van der Waals surface area contributed by atoms with Gasteiger partial charge in [-0.15, -0.1) is 0 Å². The van der Waals surface area contributed by atoms with Crippen LogP contribution in [-0.4, -0.2) is 32.6 Å². The summed E-state index contributed by atoms with van der Waals surface area (Å²) in [5, 5.41) is 2.64. The number of aldehydes is 1. The van der Waals surface area contributed by atoms with Crippen molar-refractivity contribution < 1.29 is 19.1 Å². The van der Waals surface area contributed by atoms with E-state index >= 15 is 0 Å². The summed E-state index contributed by atoms with van der Waals surface area (Å²) in [5.74, 6) is 6.35. The Morgan fingerprint density at radius 3 is 2.35 bits per heavy atom. The molecule has 1 N–H and O–H groups in total. The van der Waals surface area contributed by atoms with Crippen LogP contribution in [0.1, 0.15) is 33.0 Å². The minimum absolute atomic E-state index is 0.0103. The molecule has 0 saturated carbocycles. The van der Waals surface area contributed by atoms with E-state index in [0.717, 1.165) is 17.4 Å². The van der Waals surface area contributed by atoms with E-state index in [0.29, 0.717) is 16.9 Å². The first-order chi connectivity index (χ1) is 15.2. The van der Waals surface area contributed by atoms with Gasteiger partial charge in [0, 0.05) is 17.0 Å². The number of amides is 1. The Hall–Kier alpha value is -4.04. The first-order valence-electron chi connectivity index (χ1n) is 9.92. The molecular weight excluding hydrogens is 390 g/mol. The molecule has 0 atom stereocenters. The van der Waals surface area contributed by atoms with Gasteiger partial charge >= 0.3 is 6.09 Å². The summed E-state index contributed by atoms with van der Waals surface area (Å²) in [6.45, 7) is 0.352. The van der Waals surface area contributed by atoms with Gasteiger partial charge in [0.2, 0.25) is 0 Å². The summed E-state index contributed by atoms with van der Waals surface area (Å²) in [4.78, 5) is 23.3. The molecule has 5 heteroatoms. The maximum Gasteiger partial charge on any atom is 0.407 e. The molecule has 31 heavy (non-hydrogen) atoms. The minimum atomic E-state index is -0.530. The lowest BCUT2D eigenvalue weighted by molar-refractivity contribution is 0.112. The van der Waals surface area contributed by atoms with Crippen molar-refractivity contribution >= 4 is 12.4 Å². The third-order valence-corrected chi connectivity index (χ3v) is 5.28. The van der Waals surface area contributed by atoms with Gasteiger partial charge in [-0.1, -0.05) is 60.4 Å². The number of hydrogen-bond acceptors (Lipinski definition) is 4. The second kappa shape index (κ2) is 9.19. The first kappa shape index (κ1) is 20.2. The molecule has 4 rings (SSSR count). The molecule has 3 aromatic carbocycles. The summed E-state index contributed by atoms with van der Waals surface area (Å²) in [6.07, 6.45) is 0.208. The van der Waals surface area contributed by atoms with Crippen molar-refractivity contribution in [3.05, 3.63) is 89.0 Å². The SMILES string of the molecule is COc1ccc(C=O)c(C#CCNC(=O)OCC2c3ccccc3-c3ccccc32)c1. The summed E-state index contributed by atoms with van der Waals surface area (Å²) < 4.78 is 10.6. The molecule has 0 spiro atoms. The van der Waals surface area contributed by atoms with Gasteiger partial charge in [0.1, 0.15) is 12.4 Å². The molecule has 0 bridgehead atoms. The van der Waals surface area contributed by atoms with Gasteiger partial charge < -0.3 is 14.8 Å². The number of alkyl carbamates (subject to hydrolysis) is 1. The quantitative estimate of drug-likeness (QED) is 0.499. The second-order valence-electron chi connectivity index (χ2n) is 7.05. The van der Waals surface area contributed by atoms with Crippen LogP contribution in [0.2, 0.25) is 0 Å². The molecule has 0 aromatic heterocycles. The number of fused-ring (bicyclic) bond motifs is 3. The van der Waals surface area contributed by atoms with E-state index in [4.69, 9.17) is 9.47 Å². The van der Waals surface area contributed by atoms with E-state index < -0.39 is 6.09 Å². The fraction of sp³-hybridized carbons (Fsp3) is 0.154. The zero-order valence-corrected chi connectivity index (χ0v) is 17.1. The molecule has 0 fully saturated rings. The summed E-state index contributed by atoms with van der Waals surface area (Å²) in [6, 6.07) is 21.4. The highest BCUT2D eigenvalue weighted by Crippen LogP contribution is 2.44. The number of nitrogens with one attached hydrogen (secondary N) is 1. The molecule has 1 aliphatic carbocycles. The highest BCUT2D eigenvalue weighted by atomic mass is 16.5. The maximum absolute atomic E-state index is 12.2. The zero-order chi connectivity index (χ0) is 21.6. The van der Waals surface area contributed by atoms with Gasteiger partial charge in [0.15, 0.2) is 6.29 Å². The highest BCUT2D eigenvalue weighted by molar-refractivity contribution is 5.80. The predicted octanol–water partition coefficient (Wildman–Crippen LogP) is 4.40. The van der Waals surface area contributed by atoms with Crippen LogP contribution in [0.5, 0.6) is 5.75 Å². The van der Waals surface area contributed by atoms with E-state index in [9.17, 15) is 9.59 Å². The third-order valence-electron chi connectivity index (χ3n) is 5.28. The average Bonchev–Trinajstić information content (AvgIpc) is 3.14. The van der Waals surface area contributed by atoms with Crippen LogP contribution >= 0.6 is 0 Å². The Kier molecular flexibility index (Phi) is 6.00. The van der Waals surface area contributed by atoms with Gasteiger partial charge in [-0.25, -0.2) is 4.79 Å². The monoisotopic (exact) mass is 411 g/mol. The van der Waals surface area contributed by atoms with Gasteiger partial charge in [-0.05, 0) is 40.5 Å². The number of methoxy groups -OCH3 is 1. The fourth-order valence-corrected chi connectivity index (χ4v) is 3.78. The van der Waals surface area contributed by atoms with E-state index in [1.54, 1.807) is 25.3 Å². The highest BCUT2D eigenvalue weighted by Gasteiger charge is 2.28. The number of ether oxygens (including phenoxy) is 2. The third kappa shape index (κ3) is 4.29. The summed E-state index contributed by atoms with van der Waals surface area (Å²) in [7, 11) is 1.55. The molecule has 3 aromatic rings. The smallest absolute Gasteiger partial charge is 0.407 e. The van der Waals surface area contributed by atoms with Gasteiger partial charge in [0.05, 0.1) is 13.7 Å². The molecular formula is C26H21NO4. The van der Waals surface area contributed by atoms with Gasteiger partial charge in [0.25, 0.3) is 0 Å². The summed E-state index contributed by atoms with van der Waals surface area (Å²) in [5.41, 5.74) is 5.70. The van der Waals surface area contributed by atoms with Crippen LogP contribution in [0.25, 0.3) is 11.1 Å². The van der Waals surface area contributed by atoms with E-state index in [1.807, 2.05) is 24.3 Å². The maximum atomic E-state index is 12.2. The second-order valence-corrected chi connectivity index (χ2v) is 7.05. The standard InChI is InChI=1S/C26H21NO4/c1-30-20-13-12-19(16-28)18(15-20)7-6-14-27-26(29)31-17-25-23-10-4-2-8-21(23)22-9-3-5-11-24(22)25/h2-5,8-13,15-16,25H,14,17H2,1H3,(H,27,29). The number of hydrogen-bond donors (Lipinski definition) is 1. The summed E-state index contributed by atoms with van der Waals surface area (Å²) >= 11 is 0. The lowest BCUT2D eigenvalue weighted by Gasteiger charge is -2.14. The van der Waals surface area contributed by atoms with Crippen LogP contribution in [0.4, 0.5) is 4.79 Å². The molecule has 1 aliphatic rings. The molecule has 5 nitrogen and oxygen atoms in total. The first-order valence-corrected chi connectivity index (χ1v) is 9.92. The molecule has 0 radical (unpaired) electrons. The van der Waals surface area contributed by atoms with Crippen molar-refractivity contribution in [3.63, 3.8) is 0 Å². The Balaban J connectivity index is 1.36. The molecule has 0 unspecified atom stereocenters. The van der Waals surface area contributed by atoms with Gasteiger partial charge in [-0.3, -0.25) is 4.79 Å². The largest absolute Gasteiger partial charge is 0.497 e. The van der Waals surface area contributed by atoms with Crippen molar-refractivity contribution in [1.29, 1.82) is 0 Å². The number of carbonyl (C=O) groups excluding carboxylic acids is 2. The van der Waals surface area contributed by atoms with Crippen molar-refractivity contribution in [2.24, 2.45) is 0 Å². The Labute approximate surface area is 181 Å². The Morgan fingerprint density at radius 1 is 1.03 bits per heavy atom. The normalized spacial score (nSPS) is 11.5. The molecule has 0 saturated heterocycles. The molecule has 1 amide bonds. The minimum Gasteiger partial charge on any atom is -0.497 e. The predicted molar refractivity (Wildman–Crippen MR) is 118 cm³/mol. The number of rotatable bonds is 5. The van der Waals surface area contributed by atoms with Crippen LogP contribution in [-0.2, 0) is 4.74 Å². The van der Waals surface area contributed by atoms with E-state index in [2.05, 4.69) is 41.4 Å². The van der Waals surface area contributed by atoms with Gasteiger partial charge in [-0.2, -0.15) is 0 Å². The van der Waals surface area contributed by atoms with Crippen molar-refractivity contribution in [1.82, 2.24) is 5.32 Å². The average molecular weight is 411 g/mol. The lowest BCUT2D eigenvalue weighted by atomic mass is 9.98. The van der Waals surface area contributed by atoms with E-state index in [-0.39, 0.29) is 19.1 Å². The van der Waals surface area contributed by atoms with Crippen LogP contribution in [0.15, 0.2) is 66.7 Å². The lowest BCUT2D eigenvalue weighted by Crippen LogP contribution is -2.26. The van der Waals surface area contributed by atoms with E-state index in [1.165, 1.54) is 11.1 Å². The molecule has 154 valence electrons. The van der Waals surface area contributed by atoms with Crippen LogP contribution < -0.4 is 10.1 Å². The van der Waals surface area contributed by atoms with Crippen molar-refractivity contribution in [2.75, 3.05) is 20.3 Å². The molecule has 0 aliphatic heterocycles. The van der Waals surface area contributed by atoms with Crippen molar-refractivity contribution in [2.45, 2.75) is 5.92 Å². The Morgan fingerprint density at radius 2 is 1.71 bits per heavy atom. The van der Waals surface area contributed by atoms with Crippen LogP contribution in [0.3, 0.4) is 0 Å². The van der Waals surface area contributed by atoms with Crippen molar-refractivity contribution in [3.8, 4) is 28.7 Å². The topological polar surface area (TPSA) is 64.6 Å². The fourth-order valence-electron chi connectivity index (χ4n) is 3.78.